The maximum absolute atomic E-state index is 11.0. The van der Waals surface area contributed by atoms with Gasteiger partial charge in [-0.05, 0) is 17.0 Å². The molecule has 2 nitrogen and oxygen atoms in total. The molecule has 0 amide bonds. The first-order valence-corrected chi connectivity index (χ1v) is 5.81. The molecule has 0 aliphatic carbocycles. The fourth-order valence-corrected chi connectivity index (χ4v) is 2.40. The molecule has 0 saturated carbocycles. The molecule has 0 fully saturated rings. The summed E-state index contributed by atoms with van der Waals surface area (Å²) in [5.74, 6) is -0.285. The summed E-state index contributed by atoms with van der Waals surface area (Å²) in [6.07, 6.45) is 0. The summed E-state index contributed by atoms with van der Waals surface area (Å²) in [6, 6.07) is 1.80. The van der Waals surface area contributed by atoms with Gasteiger partial charge < -0.3 is 4.74 Å². The zero-order valence-electron chi connectivity index (χ0n) is 6.21. The van der Waals surface area contributed by atoms with Crippen LogP contribution in [0.5, 0.6) is 0 Å². The van der Waals surface area contributed by atoms with Crippen molar-refractivity contribution >= 4 is 49.2 Å². The summed E-state index contributed by atoms with van der Waals surface area (Å²) in [6.45, 7) is 0. The highest BCUT2D eigenvalue weighted by Crippen LogP contribution is 2.32. The molecule has 5 heteroatoms. The van der Waals surface area contributed by atoms with E-state index in [9.17, 15) is 4.79 Å². The molecule has 66 valence electrons. The Kier molecular flexibility index (Phi) is 3.74. The number of esters is 1. The molecule has 0 aliphatic rings. The fraction of sp³-hybridized carbons (Fsp3) is 0.286. The van der Waals surface area contributed by atoms with E-state index in [4.69, 9.17) is 0 Å². The first-order valence-electron chi connectivity index (χ1n) is 3.10. The standard InChI is InChI=1S/C7H6Br2O2S/c1-11-7(10)5-2-4(3-12-5)6(8)9/h2-3,6H,1H3. The van der Waals surface area contributed by atoms with Gasteiger partial charge in [0.05, 0.1) is 10.8 Å². The van der Waals surface area contributed by atoms with Gasteiger partial charge in [0.25, 0.3) is 0 Å². The molecule has 0 aromatic carbocycles. The Morgan fingerprint density at radius 3 is 2.75 bits per heavy atom. The van der Waals surface area contributed by atoms with Gasteiger partial charge in [-0.15, -0.1) is 11.3 Å². The van der Waals surface area contributed by atoms with Crippen molar-refractivity contribution in [1.29, 1.82) is 0 Å². The zero-order valence-corrected chi connectivity index (χ0v) is 10.2. The van der Waals surface area contributed by atoms with Crippen LogP contribution >= 0.6 is 43.2 Å². The lowest BCUT2D eigenvalue weighted by Crippen LogP contribution is -1.97. The second kappa shape index (κ2) is 4.39. The maximum Gasteiger partial charge on any atom is 0.348 e. The predicted molar refractivity (Wildman–Crippen MR) is 56.3 cm³/mol. The topological polar surface area (TPSA) is 26.3 Å². The molecule has 1 aromatic rings. The lowest BCUT2D eigenvalue weighted by atomic mass is 10.3. The van der Waals surface area contributed by atoms with Gasteiger partial charge in [0.1, 0.15) is 4.88 Å². The molecule has 0 N–H and O–H groups in total. The molecule has 0 unspecified atom stereocenters. The van der Waals surface area contributed by atoms with E-state index in [1.807, 2.05) is 5.38 Å². The van der Waals surface area contributed by atoms with Gasteiger partial charge in [-0.3, -0.25) is 0 Å². The molecular formula is C7H6Br2O2S. The highest BCUT2D eigenvalue weighted by Gasteiger charge is 2.11. The molecule has 0 bridgehead atoms. The van der Waals surface area contributed by atoms with Crippen LogP contribution in [0.3, 0.4) is 0 Å². The zero-order chi connectivity index (χ0) is 9.14. The quantitative estimate of drug-likeness (QED) is 0.618. The summed E-state index contributed by atoms with van der Waals surface area (Å²) in [5, 5.41) is 1.90. The highest BCUT2D eigenvalue weighted by atomic mass is 79.9. The number of ether oxygens (including phenoxy) is 1. The van der Waals surface area contributed by atoms with Crippen LogP contribution in [0.2, 0.25) is 0 Å². The molecule has 0 aliphatic heterocycles. The minimum Gasteiger partial charge on any atom is -0.465 e. The van der Waals surface area contributed by atoms with Crippen molar-refractivity contribution in [2.45, 2.75) is 3.74 Å². The van der Waals surface area contributed by atoms with Crippen LogP contribution in [0.1, 0.15) is 19.0 Å². The number of hydrogen-bond donors (Lipinski definition) is 0. The van der Waals surface area contributed by atoms with Crippen LogP contribution in [0.15, 0.2) is 11.4 Å². The van der Waals surface area contributed by atoms with E-state index in [1.54, 1.807) is 6.07 Å². The summed E-state index contributed by atoms with van der Waals surface area (Å²) in [4.78, 5) is 11.6. The van der Waals surface area contributed by atoms with E-state index in [0.29, 0.717) is 4.88 Å². The smallest absolute Gasteiger partial charge is 0.348 e. The Morgan fingerprint density at radius 2 is 2.33 bits per heavy atom. The Hall–Kier alpha value is 0.130. The second-order valence-corrected chi connectivity index (χ2v) is 6.01. The van der Waals surface area contributed by atoms with Crippen LogP contribution in [-0.4, -0.2) is 13.1 Å². The van der Waals surface area contributed by atoms with Crippen molar-refractivity contribution in [2.75, 3.05) is 7.11 Å². The number of halogens is 2. The minimum absolute atomic E-state index is 0.0969. The number of alkyl halides is 2. The van der Waals surface area contributed by atoms with Crippen LogP contribution < -0.4 is 0 Å². The van der Waals surface area contributed by atoms with Crippen molar-refractivity contribution in [3.05, 3.63) is 21.9 Å². The van der Waals surface area contributed by atoms with Gasteiger partial charge in [-0.1, -0.05) is 31.9 Å². The van der Waals surface area contributed by atoms with E-state index in [1.165, 1.54) is 18.4 Å². The van der Waals surface area contributed by atoms with Crippen molar-refractivity contribution in [3.8, 4) is 0 Å². The largest absolute Gasteiger partial charge is 0.465 e. The average molecular weight is 314 g/mol. The second-order valence-electron chi connectivity index (χ2n) is 2.04. The first-order chi connectivity index (χ1) is 5.65. The monoisotopic (exact) mass is 312 g/mol. The molecule has 0 atom stereocenters. The minimum atomic E-state index is -0.285. The third-order valence-electron chi connectivity index (χ3n) is 1.26. The summed E-state index contributed by atoms with van der Waals surface area (Å²) < 4.78 is 4.67. The number of methoxy groups -OCH3 is 1. The van der Waals surface area contributed by atoms with Crippen LogP contribution in [0.25, 0.3) is 0 Å². The fourth-order valence-electron chi connectivity index (χ4n) is 0.673. The van der Waals surface area contributed by atoms with Crippen LogP contribution in [0.4, 0.5) is 0 Å². The average Bonchev–Trinajstić information content (AvgIpc) is 2.51. The number of carbonyl (C=O) groups is 1. The summed E-state index contributed by atoms with van der Waals surface area (Å²) >= 11 is 8.05. The molecule has 0 saturated heterocycles. The number of thiophene rings is 1. The number of hydrogen-bond acceptors (Lipinski definition) is 3. The molecule has 0 radical (unpaired) electrons. The molecule has 1 rings (SSSR count). The van der Waals surface area contributed by atoms with E-state index in [2.05, 4.69) is 36.6 Å². The van der Waals surface area contributed by atoms with Crippen LogP contribution in [-0.2, 0) is 4.74 Å². The highest BCUT2D eigenvalue weighted by molar-refractivity contribution is 9.24. The molecule has 1 aromatic heterocycles. The van der Waals surface area contributed by atoms with Crippen LogP contribution in [0, 0.1) is 0 Å². The molecule has 1 heterocycles. The lowest BCUT2D eigenvalue weighted by molar-refractivity contribution is 0.0606. The van der Waals surface area contributed by atoms with Gasteiger partial charge in [-0.2, -0.15) is 0 Å². The predicted octanol–water partition coefficient (Wildman–Crippen LogP) is 3.32. The maximum atomic E-state index is 11.0. The Bertz CT molecular complexity index is 283. The number of rotatable bonds is 2. The Morgan fingerprint density at radius 1 is 1.67 bits per heavy atom. The van der Waals surface area contributed by atoms with E-state index in [0.717, 1.165) is 5.56 Å². The first kappa shape index (κ1) is 10.2. The van der Waals surface area contributed by atoms with E-state index < -0.39 is 0 Å². The third kappa shape index (κ3) is 2.31. The van der Waals surface area contributed by atoms with Gasteiger partial charge in [-0.25, -0.2) is 4.79 Å². The summed E-state index contributed by atoms with van der Waals surface area (Å²) in [5.41, 5.74) is 1.03. The van der Waals surface area contributed by atoms with Gasteiger partial charge in [0.2, 0.25) is 0 Å². The van der Waals surface area contributed by atoms with E-state index >= 15 is 0 Å². The Labute approximate surface area is 91.2 Å². The SMILES string of the molecule is COC(=O)c1cc(C(Br)Br)cs1. The molecular weight excluding hydrogens is 308 g/mol. The van der Waals surface area contributed by atoms with Crippen molar-refractivity contribution in [2.24, 2.45) is 0 Å². The van der Waals surface area contributed by atoms with E-state index in [-0.39, 0.29) is 9.71 Å². The molecule has 0 spiro atoms. The van der Waals surface area contributed by atoms with Crippen molar-refractivity contribution in [1.82, 2.24) is 0 Å². The lowest BCUT2D eigenvalue weighted by Gasteiger charge is -1.94. The molecule has 12 heavy (non-hydrogen) atoms. The third-order valence-corrected chi connectivity index (χ3v) is 3.24. The van der Waals surface area contributed by atoms with Crippen molar-refractivity contribution in [3.63, 3.8) is 0 Å². The van der Waals surface area contributed by atoms with Gasteiger partial charge in [0.15, 0.2) is 0 Å². The normalized spacial score (nSPS) is 10.3. The Balaban J connectivity index is 2.84. The van der Waals surface area contributed by atoms with Gasteiger partial charge >= 0.3 is 5.97 Å². The van der Waals surface area contributed by atoms with Crippen molar-refractivity contribution < 1.29 is 9.53 Å². The summed E-state index contributed by atoms with van der Waals surface area (Å²) in [7, 11) is 1.38. The number of carbonyl (C=O) groups excluding carboxylic acids is 1. The van der Waals surface area contributed by atoms with Gasteiger partial charge in [0, 0.05) is 0 Å².